The maximum atomic E-state index is 13.0. The highest BCUT2D eigenvalue weighted by atomic mass is 16.5. The van der Waals surface area contributed by atoms with Gasteiger partial charge < -0.3 is 15.4 Å². The summed E-state index contributed by atoms with van der Waals surface area (Å²) in [5, 5.41) is 15.5. The molecule has 1 spiro atoms. The van der Waals surface area contributed by atoms with Crippen molar-refractivity contribution in [3.8, 4) is 0 Å². The maximum absolute atomic E-state index is 13.0. The second-order valence-electron chi connectivity index (χ2n) is 8.29. The number of hydrogen-bond acceptors (Lipinski definition) is 4. The average molecular weight is 390 g/mol. The van der Waals surface area contributed by atoms with E-state index in [0.717, 1.165) is 36.2 Å². The molecule has 2 aliphatic heterocycles. The number of fused-ring (bicyclic) bond motifs is 2. The number of para-hydroxylation sites is 1. The van der Waals surface area contributed by atoms with Crippen molar-refractivity contribution in [2.24, 2.45) is 0 Å². The molecule has 0 saturated carbocycles. The van der Waals surface area contributed by atoms with Crippen molar-refractivity contribution >= 4 is 23.2 Å². The van der Waals surface area contributed by atoms with E-state index in [2.05, 4.69) is 41.8 Å². The molecule has 2 heterocycles. The van der Waals surface area contributed by atoms with Gasteiger partial charge in [-0.3, -0.25) is 15.1 Å². The third kappa shape index (κ3) is 2.99. The zero-order valence-corrected chi connectivity index (χ0v) is 16.6. The third-order valence-corrected chi connectivity index (χ3v) is 6.46. The van der Waals surface area contributed by atoms with Gasteiger partial charge in [-0.1, -0.05) is 30.3 Å². The van der Waals surface area contributed by atoms with E-state index in [-0.39, 0.29) is 17.9 Å². The monoisotopic (exact) mass is 390 g/mol. The lowest BCUT2D eigenvalue weighted by atomic mass is 9.67. The number of nitrogens with zero attached hydrogens (tertiary/aromatic N) is 1. The fourth-order valence-electron chi connectivity index (χ4n) is 4.89. The predicted molar refractivity (Wildman–Crippen MR) is 112 cm³/mol. The second kappa shape index (κ2) is 6.88. The Labute approximate surface area is 170 Å². The van der Waals surface area contributed by atoms with E-state index < -0.39 is 5.54 Å². The fourth-order valence-corrected chi connectivity index (χ4v) is 4.89. The molecular weight excluding hydrogens is 364 g/mol. The lowest BCUT2D eigenvalue weighted by molar-refractivity contribution is -0.134. The molecule has 29 heavy (non-hydrogen) atoms. The van der Waals surface area contributed by atoms with Crippen LogP contribution in [0.15, 0.2) is 42.5 Å². The van der Waals surface area contributed by atoms with E-state index in [4.69, 9.17) is 10.1 Å². The Morgan fingerprint density at radius 2 is 1.86 bits per heavy atom. The Morgan fingerprint density at radius 1 is 1.10 bits per heavy atom. The summed E-state index contributed by atoms with van der Waals surface area (Å²) in [6.45, 7) is 3.40. The summed E-state index contributed by atoms with van der Waals surface area (Å²) in [6.07, 6.45) is 2.73. The van der Waals surface area contributed by atoms with Crippen LogP contribution in [0.5, 0.6) is 0 Å². The van der Waals surface area contributed by atoms with Crippen molar-refractivity contribution in [1.82, 2.24) is 10.2 Å². The van der Waals surface area contributed by atoms with Gasteiger partial charge in [0.25, 0.3) is 0 Å². The Morgan fingerprint density at radius 3 is 2.62 bits per heavy atom. The molecule has 5 rings (SSSR count). The van der Waals surface area contributed by atoms with Gasteiger partial charge in [0.2, 0.25) is 5.91 Å². The number of benzene rings is 2. The lowest BCUT2D eigenvalue weighted by Gasteiger charge is -2.51. The Balaban J connectivity index is 1.39. The largest absolute Gasteiger partial charge is 0.381 e. The summed E-state index contributed by atoms with van der Waals surface area (Å²) >= 11 is 0. The molecule has 3 aliphatic rings. The molecule has 0 aromatic heterocycles. The fraction of sp³-hybridized carbons (Fsp3) is 0.391. The van der Waals surface area contributed by atoms with Crippen LogP contribution < -0.4 is 10.6 Å². The molecule has 1 atom stereocenters. The number of ether oxygens (including phenoxy) is 1. The summed E-state index contributed by atoms with van der Waals surface area (Å²) in [6, 6.07) is 14.5. The molecule has 2 aromatic carbocycles. The van der Waals surface area contributed by atoms with Crippen molar-refractivity contribution in [3.05, 3.63) is 59.2 Å². The number of nitrogens with one attached hydrogen (secondary N) is 3. The first-order chi connectivity index (χ1) is 14.1. The van der Waals surface area contributed by atoms with Crippen LogP contribution in [-0.2, 0) is 21.5 Å². The average Bonchev–Trinajstić information content (AvgIpc) is 2.70. The number of carbonyl (C=O) groups excluding carboxylic acids is 1. The number of hydrogen-bond donors (Lipinski definition) is 3. The first-order valence-corrected chi connectivity index (χ1v) is 10.3. The summed E-state index contributed by atoms with van der Waals surface area (Å²) in [4.78, 5) is 14.7. The van der Waals surface area contributed by atoms with E-state index in [1.165, 1.54) is 11.1 Å². The van der Waals surface area contributed by atoms with Crippen molar-refractivity contribution in [3.63, 3.8) is 0 Å². The van der Waals surface area contributed by atoms with Crippen molar-refractivity contribution < 1.29 is 9.53 Å². The predicted octanol–water partition coefficient (Wildman–Crippen LogP) is 3.43. The smallest absolute Gasteiger partial charge is 0.232 e. The molecule has 2 aromatic rings. The normalized spacial score (nSPS) is 24.1. The number of anilines is 2. The van der Waals surface area contributed by atoms with Gasteiger partial charge in [-0.25, -0.2) is 0 Å². The molecular formula is C23H26N4O2. The van der Waals surface area contributed by atoms with Gasteiger partial charge in [0, 0.05) is 37.1 Å². The van der Waals surface area contributed by atoms with Gasteiger partial charge in [0.05, 0.1) is 12.0 Å². The molecule has 1 amide bonds. The lowest BCUT2D eigenvalue weighted by Crippen LogP contribution is -2.66. The highest BCUT2D eigenvalue weighted by Crippen LogP contribution is 2.47. The summed E-state index contributed by atoms with van der Waals surface area (Å²) in [7, 11) is 0. The molecule has 6 heteroatoms. The molecule has 2 saturated heterocycles. The molecule has 150 valence electrons. The van der Waals surface area contributed by atoms with Crippen LogP contribution >= 0.6 is 0 Å². The van der Waals surface area contributed by atoms with E-state index in [1.54, 1.807) is 4.90 Å². The van der Waals surface area contributed by atoms with Crippen LogP contribution in [0.4, 0.5) is 11.4 Å². The Kier molecular flexibility index (Phi) is 4.32. The SMILES string of the molecule is Cc1ccccc1Nc1cccc2c1C[C@]21CC(=O)N(C2CCOCC2)C(=N)N1. The first kappa shape index (κ1) is 18.2. The maximum Gasteiger partial charge on any atom is 0.232 e. The van der Waals surface area contributed by atoms with Gasteiger partial charge >= 0.3 is 0 Å². The number of aryl methyl sites for hydroxylation is 1. The topological polar surface area (TPSA) is 77.5 Å². The number of amides is 1. The molecule has 6 nitrogen and oxygen atoms in total. The van der Waals surface area contributed by atoms with Crippen molar-refractivity contribution in [2.75, 3.05) is 18.5 Å². The molecule has 0 unspecified atom stereocenters. The minimum atomic E-state index is -0.450. The number of rotatable bonds is 3. The minimum absolute atomic E-state index is 0.0450. The summed E-state index contributed by atoms with van der Waals surface area (Å²) in [5.74, 6) is 0.277. The standard InChI is InChI=1S/C23H26N4O2/c1-15-5-2-3-7-19(15)25-20-8-4-6-18-17(20)13-23(18)14-21(28)27(22(24)26-23)16-9-11-29-12-10-16/h2-8,16,25H,9-14H2,1H3,(H2,24,26)/t23-/m0/s1. The van der Waals surface area contributed by atoms with E-state index in [1.807, 2.05) is 18.2 Å². The highest BCUT2D eigenvalue weighted by molar-refractivity contribution is 6.00. The third-order valence-electron chi connectivity index (χ3n) is 6.46. The van der Waals surface area contributed by atoms with Gasteiger partial charge in [-0.05, 0) is 48.6 Å². The zero-order valence-electron chi connectivity index (χ0n) is 16.6. The van der Waals surface area contributed by atoms with Crippen LogP contribution in [0.1, 0.15) is 36.0 Å². The highest BCUT2D eigenvalue weighted by Gasteiger charge is 2.51. The molecule has 1 aliphatic carbocycles. The molecule has 2 fully saturated rings. The second-order valence-corrected chi connectivity index (χ2v) is 8.29. The van der Waals surface area contributed by atoms with Crippen LogP contribution in [0, 0.1) is 12.3 Å². The van der Waals surface area contributed by atoms with Crippen LogP contribution in [0.25, 0.3) is 0 Å². The number of carbonyl (C=O) groups is 1. The Hall–Kier alpha value is -2.86. The molecule has 0 radical (unpaired) electrons. The van der Waals surface area contributed by atoms with E-state index >= 15 is 0 Å². The van der Waals surface area contributed by atoms with Gasteiger partial charge in [0.15, 0.2) is 5.96 Å². The molecule has 3 N–H and O–H groups in total. The summed E-state index contributed by atoms with van der Waals surface area (Å²) < 4.78 is 5.42. The van der Waals surface area contributed by atoms with E-state index in [9.17, 15) is 4.79 Å². The minimum Gasteiger partial charge on any atom is -0.381 e. The molecule has 0 bridgehead atoms. The first-order valence-electron chi connectivity index (χ1n) is 10.3. The quantitative estimate of drug-likeness (QED) is 0.750. The van der Waals surface area contributed by atoms with E-state index in [0.29, 0.717) is 19.6 Å². The summed E-state index contributed by atoms with van der Waals surface area (Å²) in [5.41, 5.74) is 5.26. The Bertz CT molecular complexity index is 963. The van der Waals surface area contributed by atoms with Crippen LogP contribution in [-0.4, -0.2) is 36.0 Å². The zero-order chi connectivity index (χ0) is 20.0. The van der Waals surface area contributed by atoms with Crippen molar-refractivity contribution in [1.29, 1.82) is 5.41 Å². The van der Waals surface area contributed by atoms with Gasteiger partial charge in [-0.2, -0.15) is 0 Å². The van der Waals surface area contributed by atoms with Crippen LogP contribution in [0.2, 0.25) is 0 Å². The van der Waals surface area contributed by atoms with Crippen molar-refractivity contribution in [2.45, 2.75) is 44.2 Å². The van der Waals surface area contributed by atoms with Gasteiger partial charge in [0.1, 0.15) is 0 Å². The number of guanidine groups is 1. The van der Waals surface area contributed by atoms with Gasteiger partial charge in [-0.15, -0.1) is 0 Å². The van der Waals surface area contributed by atoms with Crippen LogP contribution in [0.3, 0.4) is 0 Å².